The molecule has 0 bridgehead atoms. The summed E-state index contributed by atoms with van der Waals surface area (Å²) >= 11 is 0. The summed E-state index contributed by atoms with van der Waals surface area (Å²) in [4.78, 5) is 20.8. The van der Waals surface area contributed by atoms with Crippen molar-refractivity contribution in [3.05, 3.63) is 49.2 Å². The Labute approximate surface area is 156 Å². The van der Waals surface area contributed by atoms with Gasteiger partial charge in [0, 0.05) is 28.2 Å². The lowest BCUT2D eigenvalue weighted by molar-refractivity contribution is 0.232. The quantitative estimate of drug-likeness (QED) is 0.581. The lowest BCUT2D eigenvalue weighted by Crippen LogP contribution is -2.07. The van der Waals surface area contributed by atoms with E-state index >= 15 is 0 Å². The van der Waals surface area contributed by atoms with Gasteiger partial charge in [0.2, 0.25) is 11.8 Å². The fourth-order valence-electron chi connectivity index (χ4n) is 2.84. The first-order valence-corrected chi connectivity index (χ1v) is 8.60. The van der Waals surface area contributed by atoms with Crippen LogP contribution in [0.25, 0.3) is 33.4 Å². The summed E-state index contributed by atoms with van der Waals surface area (Å²) in [5.74, 6) is 0.995. The third-order valence-corrected chi connectivity index (χ3v) is 4.06. The van der Waals surface area contributed by atoms with Gasteiger partial charge in [0.25, 0.3) is 0 Å². The van der Waals surface area contributed by atoms with Crippen LogP contribution in [0.1, 0.15) is 13.8 Å². The SMILES string of the molecule is COc1cnc(-c2c[nH]c3ccc(-c4cncc(OC(C)C)n4)cc23)cn1. The number of benzene rings is 1. The standard InChI is InChI=1S/C20H19N5O2/c1-12(2)27-20-10-21-8-17(25-20)13-4-5-16-14(6-13)15(7-22-16)18-9-24-19(26-3)11-23-18/h4-12,22H,1-3H3. The van der Waals surface area contributed by atoms with Gasteiger partial charge < -0.3 is 14.5 Å². The van der Waals surface area contributed by atoms with Crippen molar-refractivity contribution in [2.75, 3.05) is 7.11 Å². The maximum absolute atomic E-state index is 5.65. The van der Waals surface area contributed by atoms with Crippen LogP contribution >= 0.6 is 0 Å². The van der Waals surface area contributed by atoms with E-state index in [1.807, 2.05) is 32.2 Å². The third-order valence-electron chi connectivity index (χ3n) is 4.06. The molecule has 0 aliphatic carbocycles. The molecule has 7 nitrogen and oxygen atoms in total. The van der Waals surface area contributed by atoms with E-state index in [0.717, 1.165) is 33.4 Å². The smallest absolute Gasteiger partial charge is 0.233 e. The van der Waals surface area contributed by atoms with Gasteiger partial charge in [0.05, 0.1) is 49.4 Å². The molecule has 4 aromatic rings. The Morgan fingerprint density at radius 2 is 1.85 bits per heavy atom. The van der Waals surface area contributed by atoms with Gasteiger partial charge in [-0.25, -0.2) is 15.0 Å². The molecule has 3 aromatic heterocycles. The lowest BCUT2D eigenvalue weighted by atomic mass is 10.1. The van der Waals surface area contributed by atoms with E-state index in [1.165, 1.54) is 0 Å². The highest BCUT2D eigenvalue weighted by atomic mass is 16.5. The van der Waals surface area contributed by atoms with Crippen LogP contribution in [0.4, 0.5) is 0 Å². The fraction of sp³-hybridized carbons (Fsp3) is 0.200. The molecule has 0 saturated heterocycles. The Morgan fingerprint density at radius 1 is 0.963 bits per heavy atom. The van der Waals surface area contributed by atoms with Gasteiger partial charge in [0.15, 0.2) is 0 Å². The van der Waals surface area contributed by atoms with Gasteiger partial charge in [-0.1, -0.05) is 6.07 Å². The number of nitrogens with zero attached hydrogens (tertiary/aromatic N) is 4. The van der Waals surface area contributed by atoms with Crippen LogP contribution in [-0.4, -0.2) is 38.1 Å². The second-order valence-electron chi connectivity index (χ2n) is 6.32. The zero-order valence-electron chi connectivity index (χ0n) is 15.3. The number of ether oxygens (including phenoxy) is 2. The molecule has 4 rings (SSSR count). The molecule has 136 valence electrons. The summed E-state index contributed by atoms with van der Waals surface area (Å²) in [7, 11) is 1.57. The van der Waals surface area contributed by atoms with E-state index in [2.05, 4.69) is 31.0 Å². The van der Waals surface area contributed by atoms with Crippen LogP contribution in [0.2, 0.25) is 0 Å². The minimum absolute atomic E-state index is 0.0435. The molecular weight excluding hydrogens is 342 g/mol. The van der Waals surface area contributed by atoms with E-state index in [0.29, 0.717) is 11.8 Å². The van der Waals surface area contributed by atoms with Crippen molar-refractivity contribution in [3.8, 4) is 34.3 Å². The summed E-state index contributed by atoms with van der Waals surface area (Å²) < 4.78 is 10.7. The Hall–Kier alpha value is -3.48. The Bertz CT molecular complexity index is 1070. The monoisotopic (exact) mass is 361 g/mol. The highest BCUT2D eigenvalue weighted by Gasteiger charge is 2.11. The number of methoxy groups -OCH3 is 1. The number of aromatic amines is 1. The number of hydrogen-bond acceptors (Lipinski definition) is 6. The second-order valence-corrected chi connectivity index (χ2v) is 6.32. The number of H-pyrrole nitrogens is 1. The van der Waals surface area contributed by atoms with Crippen LogP contribution in [0.3, 0.4) is 0 Å². The van der Waals surface area contributed by atoms with Crippen molar-refractivity contribution in [1.29, 1.82) is 0 Å². The van der Waals surface area contributed by atoms with Crippen molar-refractivity contribution in [3.63, 3.8) is 0 Å². The topological polar surface area (TPSA) is 85.8 Å². The molecule has 0 saturated carbocycles. The molecule has 0 unspecified atom stereocenters. The Morgan fingerprint density at radius 3 is 2.59 bits per heavy atom. The fourth-order valence-corrected chi connectivity index (χ4v) is 2.84. The molecule has 1 N–H and O–H groups in total. The Kier molecular flexibility index (Phi) is 4.42. The molecule has 0 amide bonds. The number of aromatic nitrogens is 5. The maximum Gasteiger partial charge on any atom is 0.233 e. The highest BCUT2D eigenvalue weighted by molar-refractivity contribution is 5.96. The highest BCUT2D eigenvalue weighted by Crippen LogP contribution is 2.31. The zero-order valence-corrected chi connectivity index (χ0v) is 15.3. The van der Waals surface area contributed by atoms with Crippen molar-refractivity contribution in [2.45, 2.75) is 20.0 Å². The average molecular weight is 361 g/mol. The number of fused-ring (bicyclic) bond motifs is 1. The first-order valence-electron chi connectivity index (χ1n) is 8.60. The largest absolute Gasteiger partial charge is 0.480 e. The van der Waals surface area contributed by atoms with Crippen LogP contribution in [0.5, 0.6) is 11.8 Å². The summed E-state index contributed by atoms with van der Waals surface area (Å²) in [6.45, 7) is 3.92. The minimum Gasteiger partial charge on any atom is -0.480 e. The molecule has 0 atom stereocenters. The van der Waals surface area contributed by atoms with Crippen molar-refractivity contribution >= 4 is 10.9 Å². The van der Waals surface area contributed by atoms with Crippen LogP contribution in [0.15, 0.2) is 49.2 Å². The van der Waals surface area contributed by atoms with Gasteiger partial charge in [-0.3, -0.25) is 4.98 Å². The van der Waals surface area contributed by atoms with Crippen LogP contribution < -0.4 is 9.47 Å². The Balaban J connectivity index is 1.75. The van der Waals surface area contributed by atoms with E-state index in [-0.39, 0.29) is 6.10 Å². The average Bonchev–Trinajstić information content (AvgIpc) is 3.11. The van der Waals surface area contributed by atoms with Crippen LogP contribution in [-0.2, 0) is 0 Å². The molecule has 3 heterocycles. The van der Waals surface area contributed by atoms with Gasteiger partial charge in [-0.15, -0.1) is 0 Å². The van der Waals surface area contributed by atoms with E-state index in [1.54, 1.807) is 31.9 Å². The summed E-state index contributed by atoms with van der Waals surface area (Å²) in [6, 6.07) is 6.09. The van der Waals surface area contributed by atoms with Crippen molar-refractivity contribution in [1.82, 2.24) is 24.9 Å². The van der Waals surface area contributed by atoms with Gasteiger partial charge >= 0.3 is 0 Å². The predicted molar refractivity (Wildman–Crippen MR) is 103 cm³/mol. The maximum atomic E-state index is 5.65. The van der Waals surface area contributed by atoms with Crippen molar-refractivity contribution in [2.24, 2.45) is 0 Å². The molecule has 0 aliphatic heterocycles. The molecule has 0 spiro atoms. The van der Waals surface area contributed by atoms with Crippen LogP contribution in [0, 0.1) is 0 Å². The number of rotatable bonds is 5. The normalized spacial score (nSPS) is 11.1. The molecule has 0 aliphatic rings. The minimum atomic E-state index is 0.0435. The molecule has 27 heavy (non-hydrogen) atoms. The molecular formula is C20H19N5O2. The van der Waals surface area contributed by atoms with Crippen molar-refractivity contribution < 1.29 is 9.47 Å². The van der Waals surface area contributed by atoms with Gasteiger partial charge in [0.1, 0.15) is 0 Å². The molecule has 0 radical (unpaired) electrons. The number of hydrogen-bond donors (Lipinski definition) is 1. The second kappa shape index (κ2) is 7.03. The molecule has 1 aromatic carbocycles. The summed E-state index contributed by atoms with van der Waals surface area (Å²) in [6.07, 6.45) is 8.63. The summed E-state index contributed by atoms with van der Waals surface area (Å²) in [5.41, 5.74) is 4.44. The zero-order chi connectivity index (χ0) is 18.8. The predicted octanol–water partition coefficient (Wildman–Crippen LogP) is 3.88. The van der Waals surface area contributed by atoms with Gasteiger partial charge in [-0.05, 0) is 26.0 Å². The number of nitrogens with one attached hydrogen (secondary N) is 1. The van der Waals surface area contributed by atoms with E-state index in [9.17, 15) is 0 Å². The molecule has 0 fully saturated rings. The third kappa shape index (κ3) is 3.44. The first-order chi connectivity index (χ1) is 13.1. The lowest BCUT2D eigenvalue weighted by Gasteiger charge is -2.09. The van der Waals surface area contributed by atoms with E-state index in [4.69, 9.17) is 9.47 Å². The first kappa shape index (κ1) is 17.0. The van der Waals surface area contributed by atoms with E-state index < -0.39 is 0 Å². The summed E-state index contributed by atoms with van der Waals surface area (Å²) in [5, 5.41) is 1.03. The van der Waals surface area contributed by atoms with Gasteiger partial charge in [-0.2, -0.15) is 0 Å². The molecule has 7 heteroatoms.